The van der Waals surface area contributed by atoms with Gasteiger partial charge in [0.25, 0.3) is 0 Å². The summed E-state index contributed by atoms with van der Waals surface area (Å²) in [6.45, 7) is 4.74. The molecule has 10 rings (SSSR count). The first kappa shape index (κ1) is 35.2. The van der Waals surface area contributed by atoms with E-state index in [2.05, 4.69) is 243 Å². The van der Waals surface area contributed by atoms with Crippen LogP contribution in [0.15, 0.2) is 224 Å². The van der Waals surface area contributed by atoms with Gasteiger partial charge in [0.2, 0.25) is 0 Å². The van der Waals surface area contributed by atoms with E-state index in [1.165, 1.54) is 77.9 Å². The summed E-state index contributed by atoms with van der Waals surface area (Å²) in [6.07, 6.45) is 0. The predicted molar refractivity (Wildman–Crippen MR) is 246 cm³/mol. The van der Waals surface area contributed by atoms with Gasteiger partial charge in [-0.25, -0.2) is 0 Å². The smallest absolute Gasteiger partial charge is 0.0465 e. The van der Waals surface area contributed by atoms with Crippen molar-refractivity contribution in [3.8, 4) is 66.8 Å². The Morgan fingerprint density at radius 1 is 0.276 bits per heavy atom. The number of hydrogen-bond acceptors (Lipinski definition) is 1. The maximum Gasteiger partial charge on any atom is 0.0465 e. The monoisotopic (exact) mass is 741 g/mol. The van der Waals surface area contributed by atoms with E-state index < -0.39 is 0 Å². The van der Waals surface area contributed by atoms with E-state index >= 15 is 0 Å². The van der Waals surface area contributed by atoms with Crippen LogP contribution in [0.25, 0.3) is 66.8 Å². The molecule has 1 aliphatic rings. The predicted octanol–water partition coefficient (Wildman–Crippen LogP) is 15.8. The fourth-order valence-corrected chi connectivity index (χ4v) is 8.80. The fraction of sp³-hybridized carbons (Fsp3) is 0.0526. The van der Waals surface area contributed by atoms with Crippen molar-refractivity contribution in [2.24, 2.45) is 0 Å². The van der Waals surface area contributed by atoms with Crippen molar-refractivity contribution in [2.45, 2.75) is 19.3 Å². The molecule has 0 aliphatic heterocycles. The first-order valence-corrected chi connectivity index (χ1v) is 20.2. The van der Waals surface area contributed by atoms with Crippen LogP contribution in [0.1, 0.15) is 25.0 Å². The van der Waals surface area contributed by atoms with Gasteiger partial charge in [-0.15, -0.1) is 0 Å². The van der Waals surface area contributed by atoms with Crippen LogP contribution >= 0.6 is 0 Å². The SMILES string of the molecule is CC1(C)c2cc(N(c3ccc(-c4ccc(-c5ccccc5)cc4)cc3)c3ccc(-c4ccc(-c5ccccc5)cc4)cc3)ccc2-c2c(-c3ccccc3)cccc21. The highest BCUT2D eigenvalue weighted by Crippen LogP contribution is 2.53. The first-order valence-electron chi connectivity index (χ1n) is 20.2. The third-order valence-corrected chi connectivity index (χ3v) is 11.9. The molecule has 0 amide bonds. The second kappa shape index (κ2) is 14.7. The summed E-state index contributed by atoms with van der Waals surface area (Å²) >= 11 is 0. The van der Waals surface area contributed by atoms with Gasteiger partial charge in [-0.3, -0.25) is 0 Å². The molecule has 0 saturated heterocycles. The lowest BCUT2D eigenvalue weighted by Gasteiger charge is -2.28. The molecule has 0 radical (unpaired) electrons. The molecule has 0 N–H and O–H groups in total. The number of benzene rings is 9. The van der Waals surface area contributed by atoms with Gasteiger partial charge in [-0.2, -0.15) is 0 Å². The molecule has 0 atom stereocenters. The summed E-state index contributed by atoms with van der Waals surface area (Å²) in [5.74, 6) is 0. The molecule has 1 heteroatoms. The topological polar surface area (TPSA) is 3.24 Å². The van der Waals surface area contributed by atoms with Gasteiger partial charge >= 0.3 is 0 Å². The molecule has 0 aromatic heterocycles. The van der Waals surface area contributed by atoms with Crippen molar-refractivity contribution in [2.75, 3.05) is 4.90 Å². The van der Waals surface area contributed by atoms with Crippen molar-refractivity contribution in [1.82, 2.24) is 0 Å². The molecule has 1 aliphatic carbocycles. The Labute approximate surface area is 342 Å². The van der Waals surface area contributed by atoms with E-state index in [9.17, 15) is 0 Å². The van der Waals surface area contributed by atoms with Gasteiger partial charge in [-0.05, 0) is 114 Å². The Morgan fingerprint density at radius 3 is 1.07 bits per heavy atom. The van der Waals surface area contributed by atoms with Crippen molar-refractivity contribution in [3.63, 3.8) is 0 Å². The summed E-state index contributed by atoms with van der Waals surface area (Å²) < 4.78 is 0. The van der Waals surface area contributed by atoms with Gasteiger partial charge in [0, 0.05) is 22.5 Å². The summed E-state index contributed by atoms with van der Waals surface area (Å²) in [5.41, 5.74) is 20.8. The third kappa shape index (κ3) is 6.41. The van der Waals surface area contributed by atoms with Crippen LogP contribution in [0.3, 0.4) is 0 Å². The number of hydrogen-bond donors (Lipinski definition) is 0. The van der Waals surface area contributed by atoms with Crippen LogP contribution < -0.4 is 4.90 Å². The Morgan fingerprint density at radius 2 is 0.638 bits per heavy atom. The lowest BCUT2D eigenvalue weighted by molar-refractivity contribution is 0.660. The molecule has 276 valence electrons. The average Bonchev–Trinajstić information content (AvgIpc) is 3.53. The third-order valence-electron chi connectivity index (χ3n) is 11.9. The molecular weight excluding hydrogens is 699 g/mol. The van der Waals surface area contributed by atoms with Crippen molar-refractivity contribution in [1.29, 1.82) is 0 Å². The van der Waals surface area contributed by atoms with Crippen LogP contribution in [0.5, 0.6) is 0 Å². The molecule has 0 bridgehead atoms. The molecule has 9 aromatic carbocycles. The quantitative estimate of drug-likeness (QED) is 0.150. The van der Waals surface area contributed by atoms with Crippen molar-refractivity contribution >= 4 is 17.1 Å². The molecule has 0 spiro atoms. The number of fused-ring (bicyclic) bond motifs is 3. The van der Waals surface area contributed by atoms with Gasteiger partial charge in [0.05, 0.1) is 0 Å². The zero-order valence-electron chi connectivity index (χ0n) is 32.8. The minimum atomic E-state index is -0.164. The average molecular weight is 742 g/mol. The highest BCUT2D eigenvalue weighted by Gasteiger charge is 2.37. The Hall–Kier alpha value is -7.22. The standard InChI is InChI=1S/C57H43N/c1-57(2)54-20-12-19-52(48-17-10-5-11-18-48)56(54)53-38-37-51(39-55(53)57)58(49-33-29-46(30-34-49)44-25-21-42(22-26-44)40-13-6-3-7-14-40)50-35-31-47(32-36-50)45-27-23-43(24-28-45)41-15-8-4-9-16-41/h3-39H,1-2H3. The van der Waals surface area contributed by atoms with E-state index in [0.29, 0.717) is 0 Å². The molecule has 0 heterocycles. The van der Waals surface area contributed by atoms with E-state index in [4.69, 9.17) is 0 Å². The minimum absolute atomic E-state index is 0.164. The van der Waals surface area contributed by atoms with Crippen LogP contribution in [0.4, 0.5) is 17.1 Å². The summed E-state index contributed by atoms with van der Waals surface area (Å²) in [7, 11) is 0. The highest BCUT2D eigenvalue weighted by molar-refractivity contribution is 5.94. The van der Waals surface area contributed by atoms with Crippen molar-refractivity contribution < 1.29 is 0 Å². The normalized spacial score (nSPS) is 12.4. The molecule has 9 aromatic rings. The van der Waals surface area contributed by atoms with E-state index in [0.717, 1.165) is 17.1 Å². The molecule has 0 fully saturated rings. The van der Waals surface area contributed by atoms with Crippen LogP contribution in [0.2, 0.25) is 0 Å². The number of rotatable bonds is 8. The largest absolute Gasteiger partial charge is 0.310 e. The fourth-order valence-electron chi connectivity index (χ4n) is 8.80. The van der Waals surface area contributed by atoms with Gasteiger partial charge in [0.1, 0.15) is 0 Å². The summed E-state index contributed by atoms with van der Waals surface area (Å²) in [6, 6.07) is 81.6. The molecule has 58 heavy (non-hydrogen) atoms. The maximum atomic E-state index is 2.43. The van der Waals surface area contributed by atoms with Crippen LogP contribution in [-0.4, -0.2) is 0 Å². The Bertz CT molecular complexity index is 2710. The first-order chi connectivity index (χ1) is 28.5. The zero-order valence-corrected chi connectivity index (χ0v) is 32.8. The zero-order chi connectivity index (χ0) is 39.1. The maximum absolute atomic E-state index is 2.43. The van der Waals surface area contributed by atoms with E-state index in [-0.39, 0.29) is 5.41 Å². The summed E-state index contributed by atoms with van der Waals surface area (Å²) in [5, 5.41) is 0. The second-order valence-corrected chi connectivity index (χ2v) is 15.8. The highest BCUT2D eigenvalue weighted by atomic mass is 15.1. The number of anilines is 3. The van der Waals surface area contributed by atoms with Gasteiger partial charge in [0.15, 0.2) is 0 Å². The lowest BCUT2D eigenvalue weighted by Crippen LogP contribution is -2.16. The number of nitrogens with zero attached hydrogens (tertiary/aromatic N) is 1. The summed E-state index contributed by atoms with van der Waals surface area (Å²) in [4.78, 5) is 2.40. The lowest BCUT2D eigenvalue weighted by atomic mass is 9.81. The van der Waals surface area contributed by atoms with Crippen LogP contribution in [0, 0.1) is 0 Å². The molecular formula is C57H43N. The Balaban J connectivity index is 1.03. The van der Waals surface area contributed by atoms with E-state index in [1.54, 1.807) is 0 Å². The van der Waals surface area contributed by atoms with Crippen LogP contribution in [-0.2, 0) is 5.41 Å². The van der Waals surface area contributed by atoms with Gasteiger partial charge < -0.3 is 4.90 Å². The van der Waals surface area contributed by atoms with Gasteiger partial charge in [-0.1, -0.05) is 202 Å². The van der Waals surface area contributed by atoms with Crippen molar-refractivity contribution in [3.05, 3.63) is 236 Å². The minimum Gasteiger partial charge on any atom is -0.310 e. The molecule has 0 unspecified atom stereocenters. The second-order valence-electron chi connectivity index (χ2n) is 15.8. The molecule has 1 nitrogen and oxygen atoms in total. The molecule has 0 saturated carbocycles. The van der Waals surface area contributed by atoms with E-state index in [1.807, 2.05) is 0 Å². The Kier molecular flexibility index (Phi) is 8.92.